The molecule has 0 atom stereocenters. The summed E-state index contributed by atoms with van der Waals surface area (Å²) in [5.74, 6) is -1.05. The summed E-state index contributed by atoms with van der Waals surface area (Å²) in [7, 11) is 0. The number of nitriles is 2. The van der Waals surface area contributed by atoms with Crippen LogP contribution in [0.3, 0.4) is 0 Å². The fourth-order valence-electron chi connectivity index (χ4n) is 1.58. The maximum absolute atomic E-state index is 13.0. The second-order valence-electron chi connectivity index (χ2n) is 3.73. The molecule has 2 rings (SSSR count). The Hall–Kier alpha value is -2.92. The van der Waals surface area contributed by atoms with E-state index in [2.05, 4.69) is 5.32 Å². The lowest BCUT2D eigenvalue weighted by molar-refractivity contribution is 0.627. The van der Waals surface area contributed by atoms with Crippen molar-refractivity contribution in [1.82, 2.24) is 0 Å². The van der Waals surface area contributed by atoms with Crippen LogP contribution in [0.15, 0.2) is 36.4 Å². The molecule has 0 fully saturated rings. The van der Waals surface area contributed by atoms with Gasteiger partial charge in [0, 0.05) is 0 Å². The van der Waals surface area contributed by atoms with Gasteiger partial charge in [-0.15, -0.1) is 0 Å². The molecule has 0 aliphatic rings. The normalized spacial score (nSPS) is 9.47. The Balaban J connectivity index is 2.43. The van der Waals surface area contributed by atoms with Crippen molar-refractivity contribution in [2.24, 2.45) is 0 Å². The van der Waals surface area contributed by atoms with Crippen molar-refractivity contribution in [3.63, 3.8) is 0 Å². The Morgan fingerprint density at radius 3 is 1.58 bits per heavy atom. The van der Waals surface area contributed by atoms with Crippen molar-refractivity contribution in [1.29, 1.82) is 10.5 Å². The van der Waals surface area contributed by atoms with E-state index in [1.54, 1.807) is 0 Å². The third kappa shape index (κ3) is 2.67. The lowest BCUT2D eigenvalue weighted by Crippen LogP contribution is -1.97. The Morgan fingerprint density at radius 1 is 0.789 bits per heavy atom. The van der Waals surface area contributed by atoms with E-state index in [-0.39, 0.29) is 11.1 Å². The van der Waals surface area contributed by atoms with Crippen molar-refractivity contribution in [3.8, 4) is 12.1 Å². The lowest BCUT2D eigenvalue weighted by Gasteiger charge is -2.09. The molecule has 2 aromatic rings. The summed E-state index contributed by atoms with van der Waals surface area (Å²) in [4.78, 5) is 0. The smallest absolute Gasteiger partial charge is 0.124 e. The molecule has 0 aromatic heterocycles. The predicted octanol–water partition coefficient (Wildman–Crippen LogP) is 3.45. The minimum Gasteiger partial charge on any atom is -0.353 e. The van der Waals surface area contributed by atoms with Gasteiger partial charge in [0.05, 0.1) is 22.5 Å². The third-order valence-corrected chi connectivity index (χ3v) is 2.47. The van der Waals surface area contributed by atoms with E-state index < -0.39 is 11.6 Å². The van der Waals surface area contributed by atoms with Crippen molar-refractivity contribution < 1.29 is 8.78 Å². The van der Waals surface area contributed by atoms with Crippen molar-refractivity contribution >= 4 is 11.4 Å². The molecular weight excluding hydrogens is 248 g/mol. The second-order valence-corrected chi connectivity index (χ2v) is 3.73. The van der Waals surface area contributed by atoms with Gasteiger partial charge in [0.25, 0.3) is 0 Å². The molecule has 0 aliphatic carbocycles. The first-order valence-electron chi connectivity index (χ1n) is 5.30. The zero-order valence-corrected chi connectivity index (χ0v) is 9.61. The average Bonchev–Trinajstić information content (AvgIpc) is 2.42. The van der Waals surface area contributed by atoms with Gasteiger partial charge in [-0.3, -0.25) is 0 Å². The molecule has 0 unspecified atom stereocenters. The van der Waals surface area contributed by atoms with Crippen LogP contribution in [0, 0.1) is 34.3 Å². The highest BCUT2D eigenvalue weighted by Gasteiger charge is 2.08. The topological polar surface area (TPSA) is 59.6 Å². The van der Waals surface area contributed by atoms with E-state index in [0.717, 1.165) is 12.1 Å². The van der Waals surface area contributed by atoms with Crippen LogP contribution in [0.25, 0.3) is 0 Å². The number of anilines is 2. The Labute approximate surface area is 108 Å². The highest BCUT2D eigenvalue weighted by molar-refractivity contribution is 5.70. The number of benzene rings is 2. The molecule has 1 N–H and O–H groups in total. The van der Waals surface area contributed by atoms with E-state index in [0.29, 0.717) is 11.4 Å². The zero-order valence-electron chi connectivity index (χ0n) is 9.61. The highest BCUT2D eigenvalue weighted by atomic mass is 19.1. The average molecular weight is 255 g/mol. The van der Waals surface area contributed by atoms with E-state index in [1.165, 1.54) is 24.3 Å². The van der Waals surface area contributed by atoms with Crippen LogP contribution in [0.2, 0.25) is 0 Å². The first-order valence-corrected chi connectivity index (χ1v) is 5.30. The molecule has 92 valence electrons. The molecular formula is C14H7F2N3. The van der Waals surface area contributed by atoms with Crippen LogP contribution in [0.1, 0.15) is 11.1 Å². The molecule has 0 amide bonds. The summed E-state index contributed by atoms with van der Waals surface area (Å²) in [6.45, 7) is 0. The van der Waals surface area contributed by atoms with Crippen molar-refractivity contribution in [3.05, 3.63) is 59.2 Å². The van der Waals surface area contributed by atoms with Gasteiger partial charge >= 0.3 is 0 Å². The van der Waals surface area contributed by atoms with Gasteiger partial charge in [-0.2, -0.15) is 10.5 Å². The van der Waals surface area contributed by atoms with E-state index in [9.17, 15) is 8.78 Å². The zero-order chi connectivity index (χ0) is 13.8. The summed E-state index contributed by atoms with van der Waals surface area (Å²) in [5, 5.41) is 20.6. The first-order chi connectivity index (χ1) is 9.13. The molecule has 0 saturated heterocycles. The van der Waals surface area contributed by atoms with Crippen LogP contribution in [-0.2, 0) is 0 Å². The summed E-state index contributed by atoms with van der Waals surface area (Å²) in [5.41, 5.74) is 0.917. The van der Waals surface area contributed by atoms with Gasteiger partial charge in [-0.25, -0.2) is 8.78 Å². The SMILES string of the molecule is N#Cc1cc(F)ccc1Nc1ccc(F)cc1C#N. The van der Waals surface area contributed by atoms with Gasteiger partial charge in [0.2, 0.25) is 0 Å². The van der Waals surface area contributed by atoms with Gasteiger partial charge < -0.3 is 5.32 Å². The van der Waals surface area contributed by atoms with Crippen LogP contribution >= 0.6 is 0 Å². The number of hydrogen-bond acceptors (Lipinski definition) is 3. The van der Waals surface area contributed by atoms with Crippen LogP contribution in [-0.4, -0.2) is 0 Å². The fourth-order valence-corrected chi connectivity index (χ4v) is 1.58. The minimum absolute atomic E-state index is 0.105. The van der Waals surface area contributed by atoms with Gasteiger partial charge in [-0.05, 0) is 36.4 Å². The Bertz CT molecular complexity index is 650. The largest absolute Gasteiger partial charge is 0.353 e. The number of nitrogens with one attached hydrogen (secondary N) is 1. The number of nitrogens with zero attached hydrogens (tertiary/aromatic N) is 2. The third-order valence-electron chi connectivity index (χ3n) is 2.47. The van der Waals surface area contributed by atoms with E-state index in [4.69, 9.17) is 10.5 Å². The van der Waals surface area contributed by atoms with Crippen LogP contribution in [0.5, 0.6) is 0 Å². The fraction of sp³-hybridized carbons (Fsp3) is 0. The second kappa shape index (κ2) is 5.16. The predicted molar refractivity (Wildman–Crippen MR) is 65.5 cm³/mol. The molecule has 0 radical (unpaired) electrons. The lowest BCUT2D eigenvalue weighted by atomic mass is 10.1. The summed E-state index contributed by atoms with van der Waals surface area (Å²) < 4.78 is 26.0. The number of halogens is 2. The summed E-state index contributed by atoms with van der Waals surface area (Å²) >= 11 is 0. The number of hydrogen-bond donors (Lipinski definition) is 1. The maximum atomic E-state index is 13.0. The first kappa shape index (κ1) is 12.5. The van der Waals surface area contributed by atoms with Crippen molar-refractivity contribution in [2.75, 3.05) is 5.32 Å². The van der Waals surface area contributed by atoms with Gasteiger partial charge in [0.15, 0.2) is 0 Å². The maximum Gasteiger partial charge on any atom is 0.124 e. The molecule has 0 bridgehead atoms. The van der Waals surface area contributed by atoms with Gasteiger partial charge in [-0.1, -0.05) is 0 Å². The minimum atomic E-state index is -0.526. The molecule has 0 heterocycles. The summed E-state index contributed by atoms with van der Waals surface area (Å²) in [6, 6.07) is 11.0. The van der Waals surface area contributed by atoms with Crippen molar-refractivity contribution in [2.45, 2.75) is 0 Å². The quantitative estimate of drug-likeness (QED) is 0.894. The Morgan fingerprint density at radius 2 is 1.21 bits per heavy atom. The molecule has 0 aliphatic heterocycles. The van der Waals surface area contributed by atoms with Crippen LogP contribution < -0.4 is 5.32 Å². The van der Waals surface area contributed by atoms with E-state index in [1.807, 2.05) is 12.1 Å². The van der Waals surface area contributed by atoms with Crippen LogP contribution in [0.4, 0.5) is 20.2 Å². The molecule has 0 spiro atoms. The van der Waals surface area contributed by atoms with Gasteiger partial charge in [0.1, 0.15) is 23.8 Å². The Kier molecular flexibility index (Phi) is 3.40. The number of rotatable bonds is 2. The molecule has 5 heteroatoms. The highest BCUT2D eigenvalue weighted by Crippen LogP contribution is 2.24. The van der Waals surface area contributed by atoms with E-state index >= 15 is 0 Å². The molecule has 0 saturated carbocycles. The monoisotopic (exact) mass is 255 g/mol. The molecule has 2 aromatic carbocycles. The molecule has 3 nitrogen and oxygen atoms in total. The summed E-state index contributed by atoms with van der Waals surface area (Å²) in [6.07, 6.45) is 0. The molecule has 19 heavy (non-hydrogen) atoms. The standard InChI is InChI=1S/C14H7F2N3/c15-11-1-3-13(9(5-11)7-17)19-14-4-2-12(16)6-10(14)8-18/h1-6,19H.